The van der Waals surface area contributed by atoms with E-state index in [9.17, 15) is 10.1 Å². The smallest absolute Gasteiger partial charge is 0.414 e. The van der Waals surface area contributed by atoms with Crippen LogP contribution in [-0.4, -0.2) is 70.2 Å². The van der Waals surface area contributed by atoms with E-state index in [0.717, 1.165) is 55.1 Å². The van der Waals surface area contributed by atoms with Crippen LogP contribution in [0.25, 0.3) is 0 Å². The minimum atomic E-state index is -1.82. The van der Waals surface area contributed by atoms with Crippen LogP contribution in [0.3, 0.4) is 0 Å². The van der Waals surface area contributed by atoms with E-state index in [1.165, 1.54) is 11.6 Å². The Morgan fingerprint density at radius 1 is 1.00 bits per heavy atom. The molecule has 2 aromatic rings. The average molecular weight is 510 g/mol. The summed E-state index contributed by atoms with van der Waals surface area (Å²) in [6.07, 6.45) is 0. The van der Waals surface area contributed by atoms with Crippen LogP contribution in [0, 0.1) is 10.1 Å². The van der Waals surface area contributed by atoms with Crippen LogP contribution in [0.1, 0.15) is 11.1 Å². The van der Waals surface area contributed by atoms with Crippen molar-refractivity contribution in [1.82, 2.24) is 9.80 Å². The first kappa shape index (κ1) is 25.2. The lowest BCUT2D eigenvalue weighted by atomic mass is 10.1. The average Bonchev–Trinajstić information content (AvgIpc) is 2.76. The van der Waals surface area contributed by atoms with Gasteiger partial charge in [0.25, 0.3) is 5.69 Å². The first-order valence-electron chi connectivity index (χ1n) is 9.66. The summed E-state index contributed by atoms with van der Waals surface area (Å²) in [7, 11) is 1.67. The number of nitro groups is 1. The molecule has 0 radical (unpaired) electrons. The van der Waals surface area contributed by atoms with Crippen molar-refractivity contribution in [1.29, 1.82) is 0 Å². The van der Waals surface area contributed by atoms with Crippen molar-refractivity contribution >= 4 is 33.6 Å². The number of benzene rings is 2. The molecular formula is C21H24BrN3O7. The second kappa shape index (κ2) is 12.1. The van der Waals surface area contributed by atoms with E-state index in [-0.39, 0.29) is 10.6 Å². The number of hydrogen-bond donors (Lipinski definition) is 2. The summed E-state index contributed by atoms with van der Waals surface area (Å²) in [5, 5.41) is 25.7. The number of nitrogens with zero attached hydrogens (tertiary/aromatic N) is 3. The lowest BCUT2D eigenvalue weighted by Crippen LogP contribution is -2.45. The molecule has 10 nitrogen and oxygen atoms in total. The van der Waals surface area contributed by atoms with Crippen LogP contribution < -0.4 is 4.74 Å². The molecule has 0 unspecified atom stereocenters. The summed E-state index contributed by atoms with van der Waals surface area (Å²) >= 11 is 3.54. The van der Waals surface area contributed by atoms with Gasteiger partial charge in [-0.1, -0.05) is 18.2 Å². The summed E-state index contributed by atoms with van der Waals surface area (Å²) in [6, 6.07) is 13.1. The molecule has 0 aromatic heterocycles. The van der Waals surface area contributed by atoms with Gasteiger partial charge in [-0.25, -0.2) is 9.59 Å². The number of carboxylic acids is 2. The molecule has 172 valence electrons. The number of carbonyl (C=O) groups is 2. The van der Waals surface area contributed by atoms with Crippen molar-refractivity contribution in [2.45, 2.75) is 13.1 Å². The van der Waals surface area contributed by atoms with E-state index in [4.69, 9.17) is 24.5 Å². The quantitative estimate of drug-likeness (QED) is 0.342. The number of non-ortho nitro benzene ring substituents is 1. The zero-order valence-corrected chi connectivity index (χ0v) is 19.0. The van der Waals surface area contributed by atoms with Gasteiger partial charge in [-0.05, 0) is 39.2 Å². The maximum absolute atomic E-state index is 10.9. The minimum absolute atomic E-state index is 0.159. The van der Waals surface area contributed by atoms with Crippen LogP contribution in [-0.2, 0) is 22.7 Å². The molecule has 1 aliphatic heterocycles. The third kappa shape index (κ3) is 7.91. The lowest BCUT2D eigenvalue weighted by molar-refractivity contribution is -0.384. The van der Waals surface area contributed by atoms with Crippen molar-refractivity contribution in [3.8, 4) is 5.75 Å². The van der Waals surface area contributed by atoms with Crippen molar-refractivity contribution in [2.24, 2.45) is 0 Å². The van der Waals surface area contributed by atoms with Crippen LogP contribution in [0.2, 0.25) is 0 Å². The molecule has 2 aromatic carbocycles. The number of ether oxygens (including phenoxy) is 1. The van der Waals surface area contributed by atoms with Gasteiger partial charge in [0.15, 0.2) is 0 Å². The Hall–Kier alpha value is -3.02. The topological polar surface area (TPSA) is 133 Å². The largest absolute Gasteiger partial charge is 0.496 e. The number of halogens is 1. The molecule has 0 bridgehead atoms. The standard InChI is InChI=1S/C19H22BrN3O3.C2H2O4/c1-26-19-6-5-16(12-18(19)20)14-22-9-7-21(8-10-22)13-15-3-2-4-17(11-15)23(24)25;3-1(4)2(5)6/h2-6,11-12H,7-10,13-14H2,1H3;(H,3,4)(H,5,6). The summed E-state index contributed by atoms with van der Waals surface area (Å²) in [6.45, 7) is 5.55. The Morgan fingerprint density at radius 3 is 1.97 bits per heavy atom. The van der Waals surface area contributed by atoms with Crippen LogP contribution in [0.5, 0.6) is 5.75 Å². The fourth-order valence-corrected chi connectivity index (χ4v) is 3.79. The second-order valence-corrected chi connectivity index (χ2v) is 7.91. The van der Waals surface area contributed by atoms with Gasteiger partial charge >= 0.3 is 11.9 Å². The molecule has 1 saturated heterocycles. The number of carboxylic acid groups (broad SMARTS) is 2. The van der Waals surface area contributed by atoms with Crippen molar-refractivity contribution < 1.29 is 29.5 Å². The fourth-order valence-electron chi connectivity index (χ4n) is 3.20. The Balaban J connectivity index is 0.000000534. The van der Waals surface area contributed by atoms with Gasteiger partial charge in [-0.3, -0.25) is 19.9 Å². The van der Waals surface area contributed by atoms with E-state index in [0.29, 0.717) is 0 Å². The van der Waals surface area contributed by atoms with Crippen LogP contribution >= 0.6 is 15.9 Å². The molecule has 3 rings (SSSR count). The SMILES string of the molecule is COc1ccc(CN2CCN(Cc3cccc([N+](=O)[O-])c3)CC2)cc1Br.O=C(O)C(=O)O. The zero-order chi connectivity index (χ0) is 23.7. The van der Waals surface area contributed by atoms with Gasteiger partial charge in [-0.2, -0.15) is 0 Å². The first-order valence-corrected chi connectivity index (χ1v) is 10.5. The lowest BCUT2D eigenvalue weighted by Gasteiger charge is -2.34. The molecule has 32 heavy (non-hydrogen) atoms. The van der Waals surface area contributed by atoms with E-state index < -0.39 is 11.9 Å². The predicted molar refractivity (Wildman–Crippen MR) is 120 cm³/mol. The molecule has 0 aliphatic carbocycles. The number of hydrogen-bond acceptors (Lipinski definition) is 7. The summed E-state index contributed by atoms with van der Waals surface area (Å²) in [5.74, 6) is -2.81. The van der Waals surface area contributed by atoms with Crippen molar-refractivity contribution in [3.05, 3.63) is 68.2 Å². The summed E-state index contributed by atoms with van der Waals surface area (Å²) in [4.78, 5) is 33.5. The summed E-state index contributed by atoms with van der Waals surface area (Å²) < 4.78 is 6.25. The maximum atomic E-state index is 10.9. The van der Waals surface area contributed by atoms with Gasteiger partial charge in [0.05, 0.1) is 16.5 Å². The van der Waals surface area contributed by atoms with Gasteiger partial charge in [0.2, 0.25) is 0 Å². The van der Waals surface area contributed by atoms with Crippen LogP contribution in [0.4, 0.5) is 5.69 Å². The van der Waals surface area contributed by atoms with Gasteiger partial charge in [-0.15, -0.1) is 0 Å². The molecule has 11 heteroatoms. The zero-order valence-electron chi connectivity index (χ0n) is 17.4. The highest BCUT2D eigenvalue weighted by molar-refractivity contribution is 9.10. The highest BCUT2D eigenvalue weighted by Gasteiger charge is 2.18. The van der Waals surface area contributed by atoms with Gasteiger partial charge in [0.1, 0.15) is 5.75 Å². The Bertz CT molecular complexity index is 950. The van der Waals surface area contributed by atoms with E-state index in [1.54, 1.807) is 19.2 Å². The number of nitro benzene ring substituents is 1. The first-order chi connectivity index (χ1) is 15.2. The predicted octanol–water partition coefficient (Wildman–Crippen LogP) is 2.84. The molecule has 0 atom stereocenters. The monoisotopic (exact) mass is 509 g/mol. The molecule has 0 amide bonds. The van der Waals surface area contributed by atoms with Gasteiger partial charge in [0, 0.05) is 51.4 Å². The number of methoxy groups -OCH3 is 1. The molecular weight excluding hydrogens is 486 g/mol. The Morgan fingerprint density at radius 2 is 1.53 bits per heavy atom. The maximum Gasteiger partial charge on any atom is 0.414 e. The molecule has 0 spiro atoms. The Labute approximate surface area is 193 Å². The Kier molecular flexibility index (Phi) is 9.57. The molecule has 0 saturated carbocycles. The second-order valence-electron chi connectivity index (χ2n) is 7.06. The van der Waals surface area contributed by atoms with Gasteiger partial charge < -0.3 is 14.9 Å². The van der Waals surface area contributed by atoms with E-state index in [1.807, 2.05) is 12.1 Å². The number of rotatable bonds is 6. The van der Waals surface area contributed by atoms with Crippen LogP contribution in [0.15, 0.2) is 46.9 Å². The normalized spacial score (nSPS) is 14.2. The number of piperazine rings is 1. The number of aliphatic carboxylic acids is 2. The van der Waals surface area contributed by atoms with Crippen molar-refractivity contribution in [3.63, 3.8) is 0 Å². The molecule has 2 N–H and O–H groups in total. The highest BCUT2D eigenvalue weighted by atomic mass is 79.9. The summed E-state index contributed by atoms with van der Waals surface area (Å²) in [5.41, 5.74) is 2.41. The van der Waals surface area contributed by atoms with E-state index in [2.05, 4.69) is 37.9 Å². The highest BCUT2D eigenvalue weighted by Crippen LogP contribution is 2.26. The molecule has 1 heterocycles. The molecule has 1 fully saturated rings. The van der Waals surface area contributed by atoms with E-state index >= 15 is 0 Å². The van der Waals surface area contributed by atoms with Crippen molar-refractivity contribution in [2.75, 3.05) is 33.3 Å². The fraction of sp³-hybridized carbons (Fsp3) is 0.333. The molecule has 1 aliphatic rings. The minimum Gasteiger partial charge on any atom is -0.496 e. The third-order valence-electron chi connectivity index (χ3n) is 4.80. The third-order valence-corrected chi connectivity index (χ3v) is 5.42.